The Morgan fingerprint density at radius 3 is 2.28 bits per heavy atom. The molecule has 0 bridgehead atoms. The second-order valence-electron chi connectivity index (χ2n) is 7.15. The molecule has 148 valence electrons. The van der Waals surface area contributed by atoms with E-state index < -0.39 is 16.2 Å². The standard InChI is InChI=1S/C22H21N3O3S/c1-14-11-15(2)13-18(12-14)23-22(26)17-9-7-16(8-10-17)21-24-19-5-3-4-6-20(19)29(27,28)25-21/h3-13,21,24-25H,1-2H3,(H,23,26)/t21-/m1/s1. The fourth-order valence-corrected chi connectivity index (χ4v) is 4.76. The van der Waals surface area contributed by atoms with Gasteiger partial charge in [0.15, 0.2) is 0 Å². The quantitative estimate of drug-likeness (QED) is 0.613. The van der Waals surface area contributed by atoms with Gasteiger partial charge in [-0.1, -0.05) is 30.3 Å². The third kappa shape index (κ3) is 4.01. The van der Waals surface area contributed by atoms with Gasteiger partial charge in [0.1, 0.15) is 11.1 Å². The molecule has 1 amide bonds. The molecule has 4 rings (SSSR count). The van der Waals surface area contributed by atoms with Crippen molar-refractivity contribution in [1.29, 1.82) is 0 Å². The van der Waals surface area contributed by atoms with Gasteiger partial charge in [0, 0.05) is 11.3 Å². The Kier molecular flexibility index (Phi) is 4.86. The minimum Gasteiger partial charge on any atom is -0.364 e. The second kappa shape index (κ2) is 7.35. The van der Waals surface area contributed by atoms with E-state index in [2.05, 4.69) is 15.4 Å². The zero-order valence-corrected chi connectivity index (χ0v) is 16.9. The van der Waals surface area contributed by atoms with Crippen LogP contribution in [0.3, 0.4) is 0 Å². The van der Waals surface area contributed by atoms with Crippen molar-refractivity contribution >= 4 is 27.3 Å². The van der Waals surface area contributed by atoms with Gasteiger partial charge in [-0.05, 0) is 66.9 Å². The minimum atomic E-state index is -3.61. The van der Waals surface area contributed by atoms with Crippen LogP contribution in [0.2, 0.25) is 0 Å². The van der Waals surface area contributed by atoms with E-state index in [1.807, 2.05) is 32.0 Å². The fourth-order valence-electron chi connectivity index (χ4n) is 3.45. The molecule has 3 N–H and O–H groups in total. The molecule has 1 aliphatic rings. The van der Waals surface area contributed by atoms with Gasteiger partial charge >= 0.3 is 0 Å². The summed E-state index contributed by atoms with van der Waals surface area (Å²) < 4.78 is 27.6. The average Bonchev–Trinajstić information content (AvgIpc) is 2.67. The molecule has 6 nitrogen and oxygen atoms in total. The van der Waals surface area contributed by atoms with Crippen molar-refractivity contribution in [2.45, 2.75) is 24.9 Å². The highest BCUT2D eigenvalue weighted by Gasteiger charge is 2.29. The van der Waals surface area contributed by atoms with E-state index in [1.165, 1.54) is 0 Å². The minimum absolute atomic E-state index is 0.218. The van der Waals surface area contributed by atoms with Gasteiger partial charge in [-0.2, -0.15) is 4.72 Å². The number of fused-ring (bicyclic) bond motifs is 1. The molecule has 3 aromatic carbocycles. The van der Waals surface area contributed by atoms with Gasteiger partial charge in [0.25, 0.3) is 5.91 Å². The maximum atomic E-state index is 12.6. The van der Waals surface area contributed by atoms with Crippen LogP contribution in [-0.4, -0.2) is 14.3 Å². The molecule has 0 spiro atoms. The molecule has 0 fully saturated rings. The first-order chi connectivity index (χ1) is 13.8. The number of para-hydroxylation sites is 1. The van der Waals surface area contributed by atoms with Gasteiger partial charge < -0.3 is 10.6 Å². The summed E-state index contributed by atoms with van der Waals surface area (Å²) in [5, 5.41) is 6.08. The van der Waals surface area contributed by atoms with E-state index in [0.29, 0.717) is 16.8 Å². The number of carbonyl (C=O) groups excluding carboxylic acids is 1. The van der Waals surface area contributed by atoms with Gasteiger partial charge in [-0.25, -0.2) is 8.42 Å². The summed E-state index contributed by atoms with van der Waals surface area (Å²) in [5.41, 5.74) is 4.65. The number of carbonyl (C=O) groups is 1. The lowest BCUT2D eigenvalue weighted by Gasteiger charge is -2.28. The van der Waals surface area contributed by atoms with Gasteiger partial charge in [0.2, 0.25) is 10.0 Å². The molecule has 1 heterocycles. The summed E-state index contributed by atoms with van der Waals surface area (Å²) in [6.45, 7) is 3.96. The summed E-state index contributed by atoms with van der Waals surface area (Å²) in [6.07, 6.45) is -0.605. The lowest BCUT2D eigenvalue weighted by Crippen LogP contribution is -2.38. The molecule has 7 heteroatoms. The molecular formula is C22H21N3O3S. The first-order valence-electron chi connectivity index (χ1n) is 9.19. The van der Waals surface area contributed by atoms with E-state index >= 15 is 0 Å². The van der Waals surface area contributed by atoms with Crippen LogP contribution in [0.25, 0.3) is 0 Å². The highest BCUT2D eigenvalue weighted by atomic mass is 32.2. The van der Waals surface area contributed by atoms with Crippen LogP contribution in [0, 0.1) is 13.8 Å². The van der Waals surface area contributed by atoms with Crippen LogP contribution in [0.1, 0.15) is 33.2 Å². The Morgan fingerprint density at radius 2 is 1.59 bits per heavy atom. The molecule has 0 saturated carbocycles. The Morgan fingerprint density at radius 1 is 0.931 bits per heavy atom. The highest BCUT2D eigenvalue weighted by Crippen LogP contribution is 2.30. The van der Waals surface area contributed by atoms with Crippen LogP contribution in [0.5, 0.6) is 0 Å². The van der Waals surface area contributed by atoms with Crippen molar-refractivity contribution in [1.82, 2.24) is 4.72 Å². The van der Waals surface area contributed by atoms with Crippen molar-refractivity contribution in [2.75, 3.05) is 10.6 Å². The number of amides is 1. The normalized spacial score (nSPS) is 17.1. The van der Waals surface area contributed by atoms with Crippen molar-refractivity contribution in [2.24, 2.45) is 0 Å². The van der Waals surface area contributed by atoms with E-state index in [1.54, 1.807) is 48.5 Å². The van der Waals surface area contributed by atoms with Crippen LogP contribution in [0.4, 0.5) is 11.4 Å². The van der Waals surface area contributed by atoms with Crippen molar-refractivity contribution in [3.8, 4) is 0 Å². The Labute approximate surface area is 170 Å². The molecule has 0 aromatic heterocycles. The second-order valence-corrected chi connectivity index (χ2v) is 8.83. The summed E-state index contributed by atoms with van der Waals surface area (Å²) in [4.78, 5) is 12.8. The number of anilines is 2. The van der Waals surface area contributed by atoms with Gasteiger partial charge in [-0.3, -0.25) is 4.79 Å². The smallest absolute Gasteiger partial charge is 0.255 e. The van der Waals surface area contributed by atoms with Gasteiger partial charge in [-0.15, -0.1) is 0 Å². The SMILES string of the molecule is Cc1cc(C)cc(NC(=O)c2ccc([C@@H]3Nc4ccccc4S(=O)(=O)N3)cc2)c1. The Hall–Kier alpha value is -3.16. The largest absolute Gasteiger partial charge is 0.364 e. The van der Waals surface area contributed by atoms with Crippen molar-refractivity contribution in [3.63, 3.8) is 0 Å². The average molecular weight is 407 g/mol. The van der Waals surface area contributed by atoms with Gasteiger partial charge in [0.05, 0.1) is 5.69 Å². The molecule has 0 aliphatic carbocycles. The van der Waals surface area contributed by atoms with E-state index in [9.17, 15) is 13.2 Å². The number of aryl methyl sites for hydroxylation is 2. The maximum absolute atomic E-state index is 12.6. The topological polar surface area (TPSA) is 87.3 Å². The molecule has 1 aliphatic heterocycles. The van der Waals surface area contributed by atoms with Crippen LogP contribution < -0.4 is 15.4 Å². The molecular weight excluding hydrogens is 386 g/mol. The number of sulfonamides is 1. The fraction of sp³-hybridized carbons (Fsp3) is 0.136. The number of hydrogen-bond acceptors (Lipinski definition) is 4. The molecule has 0 unspecified atom stereocenters. The number of rotatable bonds is 3. The molecule has 3 aromatic rings. The molecule has 1 atom stereocenters. The third-order valence-corrected chi connectivity index (χ3v) is 6.22. The first kappa shape index (κ1) is 19.2. The van der Waals surface area contributed by atoms with E-state index in [-0.39, 0.29) is 10.8 Å². The first-order valence-corrected chi connectivity index (χ1v) is 10.7. The number of nitrogens with one attached hydrogen (secondary N) is 3. The van der Waals surface area contributed by atoms with E-state index in [0.717, 1.165) is 16.8 Å². The summed E-state index contributed by atoms with van der Waals surface area (Å²) >= 11 is 0. The maximum Gasteiger partial charge on any atom is 0.255 e. The lowest BCUT2D eigenvalue weighted by molar-refractivity contribution is 0.102. The predicted octanol–water partition coefficient (Wildman–Crippen LogP) is 3.96. The van der Waals surface area contributed by atoms with Crippen molar-refractivity contribution < 1.29 is 13.2 Å². The Bertz CT molecular complexity index is 1170. The number of benzene rings is 3. The van der Waals surface area contributed by atoms with Crippen LogP contribution in [0.15, 0.2) is 71.6 Å². The molecule has 0 saturated heterocycles. The molecule has 29 heavy (non-hydrogen) atoms. The zero-order chi connectivity index (χ0) is 20.6. The lowest BCUT2D eigenvalue weighted by atomic mass is 10.1. The molecule has 0 radical (unpaired) electrons. The summed E-state index contributed by atoms with van der Waals surface area (Å²) in [6, 6.07) is 19.5. The van der Waals surface area contributed by atoms with Crippen LogP contribution >= 0.6 is 0 Å². The van der Waals surface area contributed by atoms with E-state index in [4.69, 9.17) is 0 Å². The zero-order valence-electron chi connectivity index (χ0n) is 16.1. The van der Waals surface area contributed by atoms with Crippen molar-refractivity contribution in [3.05, 3.63) is 89.0 Å². The monoisotopic (exact) mass is 407 g/mol. The summed E-state index contributed by atoms with van der Waals surface area (Å²) in [7, 11) is -3.61. The summed E-state index contributed by atoms with van der Waals surface area (Å²) in [5.74, 6) is -0.218. The highest BCUT2D eigenvalue weighted by molar-refractivity contribution is 7.89. The number of hydrogen-bond donors (Lipinski definition) is 3. The Balaban J connectivity index is 1.53. The third-order valence-electron chi connectivity index (χ3n) is 4.74. The van der Waals surface area contributed by atoms with Crippen LogP contribution in [-0.2, 0) is 10.0 Å². The predicted molar refractivity (Wildman–Crippen MR) is 113 cm³/mol.